The van der Waals surface area contributed by atoms with Gasteiger partial charge in [-0.25, -0.2) is 4.79 Å². The van der Waals surface area contributed by atoms with Crippen LogP contribution in [0.4, 0.5) is 5.69 Å². The first-order valence-electron chi connectivity index (χ1n) is 6.46. The Kier molecular flexibility index (Phi) is 5.86. The highest BCUT2D eigenvalue weighted by Gasteiger charge is 2.13. The second-order valence-electron chi connectivity index (χ2n) is 4.30. The van der Waals surface area contributed by atoms with Gasteiger partial charge in [-0.2, -0.15) is 0 Å². The maximum atomic E-state index is 12.0. The van der Waals surface area contributed by atoms with Crippen LogP contribution in [0.1, 0.15) is 10.4 Å². The monoisotopic (exact) mass is 335 g/mol. The number of nitrogens with one attached hydrogen (secondary N) is 1. The molecule has 0 unspecified atom stereocenters. The number of carbonyl (C=O) groups is 2. The van der Waals surface area contributed by atoms with Crippen molar-refractivity contribution < 1.29 is 14.3 Å². The molecular weight excluding hydrogens is 322 g/mol. The summed E-state index contributed by atoms with van der Waals surface area (Å²) >= 11 is 7.26. The Hall–Kier alpha value is -1.98. The molecule has 0 fully saturated rings. The molecule has 0 radical (unpaired) electrons. The molecule has 6 heteroatoms. The number of para-hydroxylation sites is 1. The zero-order valence-electron chi connectivity index (χ0n) is 11.8. The van der Waals surface area contributed by atoms with Crippen LogP contribution in [0.15, 0.2) is 53.4 Å². The number of amides is 1. The molecule has 0 aliphatic heterocycles. The summed E-state index contributed by atoms with van der Waals surface area (Å²) in [6.45, 7) is 0. The zero-order chi connectivity index (χ0) is 15.9. The van der Waals surface area contributed by atoms with E-state index in [1.165, 1.54) is 18.9 Å². The van der Waals surface area contributed by atoms with E-state index in [-0.39, 0.29) is 11.7 Å². The molecular formula is C16H14ClNO3S. The van der Waals surface area contributed by atoms with Gasteiger partial charge in [0.05, 0.1) is 29.1 Å². The minimum absolute atomic E-state index is 0.166. The van der Waals surface area contributed by atoms with Gasteiger partial charge in [0, 0.05) is 4.90 Å². The Balaban J connectivity index is 2.00. The second kappa shape index (κ2) is 7.87. The molecule has 2 aromatic rings. The fraction of sp³-hybridized carbons (Fsp3) is 0.125. The van der Waals surface area contributed by atoms with E-state index in [1.54, 1.807) is 48.5 Å². The molecule has 22 heavy (non-hydrogen) atoms. The molecule has 114 valence electrons. The lowest BCUT2D eigenvalue weighted by molar-refractivity contribution is -0.113. The van der Waals surface area contributed by atoms with Gasteiger partial charge in [0.2, 0.25) is 5.91 Å². The predicted molar refractivity (Wildman–Crippen MR) is 88.6 cm³/mol. The number of carbonyl (C=O) groups excluding carboxylic acids is 2. The molecule has 4 nitrogen and oxygen atoms in total. The van der Waals surface area contributed by atoms with E-state index in [0.29, 0.717) is 21.2 Å². The first-order valence-corrected chi connectivity index (χ1v) is 7.82. The summed E-state index contributed by atoms with van der Waals surface area (Å²) in [6, 6.07) is 14.0. The molecule has 1 N–H and O–H groups in total. The maximum Gasteiger partial charge on any atom is 0.338 e. The zero-order valence-corrected chi connectivity index (χ0v) is 13.4. The molecule has 2 rings (SSSR count). The summed E-state index contributed by atoms with van der Waals surface area (Å²) in [5.41, 5.74) is 1.01. The van der Waals surface area contributed by atoms with Crippen molar-refractivity contribution in [1.29, 1.82) is 0 Å². The molecule has 0 aliphatic rings. The van der Waals surface area contributed by atoms with Gasteiger partial charge in [-0.05, 0) is 24.3 Å². The first-order chi connectivity index (χ1) is 10.6. The van der Waals surface area contributed by atoms with Crippen molar-refractivity contribution in [3.8, 4) is 0 Å². The number of methoxy groups -OCH3 is 1. The van der Waals surface area contributed by atoms with Crippen molar-refractivity contribution in [1.82, 2.24) is 0 Å². The molecule has 0 saturated carbocycles. The van der Waals surface area contributed by atoms with Crippen LogP contribution >= 0.6 is 23.4 Å². The van der Waals surface area contributed by atoms with Gasteiger partial charge in [-0.3, -0.25) is 4.79 Å². The molecule has 0 heterocycles. The van der Waals surface area contributed by atoms with E-state index in [4.69, 9.17) is 16.3 Å². The minimum atomic E-state index is -0.422. The average molecular weight is 336 g/mol. The van der Waals surface area contributed by atoms with E-state index in [2.05, 4.69) is 5.32 Å². The fourth-order valence-corrected chi connectivity index (χ4v) is 2.79. The third-order valence-corrected chi connectivity index (χ3v) is 4.20. The summed E-state index contributed by atoms with van der Waals surface area (Å²) in [6.07, 6.45) is 0. The number of rotatable bonds is 5. The van der Waals surface area contributed by atoms with Crippen LogP contribution in [0.25, 0.3) is 0 Å². The molecule has 0 atom stereocenters. The molecule has 0 bridgehead atoms. The van der Waals surface area contributed by atoms with Gasteiger partial charge in [0.1, 0.15) is 0 Å². The Morgan fingerprint density at radius 1 is 1.14 bits per heavy atom. The van der Waals surface area contributed by atoms with Gasteiger partial charge in [-0.1, -0.05) is 35.9 Å². The highest BCUT2D eigenvalue weighted by Crippen LogP contribution is 2.24. The van der Waals surface area contributed by atoms with Crippen molar-refractivity contribution in [3.05, 3.63) is 59.1 Å². The van der Waals surface area contributed by atoms with Crippen molar-refractivity contribution in [2.24, 2.45) is 0 Å². The number of ether oxygens (including phenoxy) is 1. The number of hydrogen-bond acceptors (Lipinski definition) is 4. The van der Waals surface area contributed by atoms with Gasteiger partial charge in [0.15, 0.2) is 0 Å². The van der Waals surface area contributed by atoms with Crippen LogP contribution in [-0.4, -0.2) is 24.7 Å². The van der Waals surface area contributed by atoms with Crippen molar-refractivity contribution >= 4 is 40.9 Å². The van der Waals surface area contributed by atoms with Crippen LogP contribution < -0.4 is 5.32 Å². The minimum Gasteiger partial charge on any atom is -0.465 e. The highest BCUT2D eigenvalue weighted by molar-refractivity contribution is 8.00. The van der Waals surface area contributed by atoms with Crippen LogP contribution in [0.2, 0.25) is 5.02 Å². The van der Waals surface area contributed by atoms with Crippen LogP contribution in [0.5, 0.6) is 0 Å². The van der Waals surface area contributed by atoms with E-state index in [0.717, 1.165) is 0 Å². The lowest BCUT2D eigenvalue weighted by Gasteiger charge is -2.09. The SMILES string of the molecule is COC(=O)c1ccccc1SCC(=O)Nc1ccccc1Cl. The van der Waals surface area contributed by atoms with Crippen molar-refractivity contribution in [3.63, 3.8) is 0 Å². The van der Waals surface area contributed by atoms with Gasteiger partial charge >= 0.3 is 5.97 Å². The quantitative estimate of drug-likeness (QED) is 0.666. The van der Waals surface area contributed by atoms with Gasteiger partial charge < -0.3 is 10.1 Å². The fourth-order valence-electron chi connectivity index (χ4n) is 1.76. The molecule has 0 aromatic heterocycles. The number of anilines is 1. The van der Waals surface area contributed by atoms with E-state index >= 15 is 0 Å². The second-order valence-corrected chi connectivity index (χ2v) is 5.73. The molecule has 1 amide bonds. The van der Waals surface area contributed by atoms with Crippen molar-refractivity contribution in [2.75, 3.05) is 18.2 Å². The van der Waals surface area contributed by atoms with Crippen molar-refractivity contribution in [2.45, 2.75) is 4.90 Å². The number of benzene rings is 2. The number of hydrogen-bond donors (Lipinski definition) is 1. The van der Waals surface area contributed by atoms with Gasteiger partial charge in [0.25, 0.3) is 0 Å². The topological polar surface area (TPSA) is 55.4 Å². The number of thioether (sulfide) groups is 1. The Labute approximate surface area is 137 Å². The molecule has 0 saturated heterocycles. The summed E-state index contributed by atoms with van der Waals surface area (Å²) in [4.78, 5) is 24.3. The molecule has 0 spiro atoms. The molecule has 0 aliphatic carbocycles. The lowest BCUT2D eigenvalue weighted by Crippen LogP contribution is -2.14. The smallest absolute Gasteiger partial charge is 0.338 e. The summed E-state index contributed by atoms with van der Waals surface area (Å²) < 4.78 is 4.72. The number of esters is 1. The van der Waals surface area contributed by atoms with E-state index in [1.807, 2.05) is 0 Å². The maximum absolute atomic E-state index is 12.0. The standard InChI is InChI=1S/C16H14ClNO3S/c1-21-16(20)11-6-2-5-9-14(11)22-10-15(19)18-13-8-4-3-7-12(13)17/h2-9H,10H2,1H3,(H,18,19). The van der Waals surface area contributed by atoms with E-state index in [9.17, 15) is 9.59 Å². The summed E-state index contributed by atoms with van der Waals surface area (Å²) in [5.74, 6) is -0.452. The largest absolute Gasteiger partial charge is 0.465 e. The Morgan fingerprint density at radius 2 is 1.82 bits per heavy atom. The van der Waals surface area contributed by atoms with Crippen LogP contribution in [-0.2, 0) is 9.53 Å². The normalized spacial score (nSPS) is 10.1. The van der Waals surface area contributed by atoms with Crippen LogP contribution in [0, 0.1) is 0 Å². The third-order valence-electron chi connectivity index (χ3n) is 2.80. The first kappa shape index (κ1) is 16.4. The Morgan fingerprint density at radius 3 is 2.55 bits per heavy atom. The number of halogens is 1. The predicted octanol–water partition coefficient (Wildman–Crippen LogP) is 3.86. The van der Waals surface area contributed by atoms with E-state index < -0.39 is 5.97 Å². The van der Waals surface area contributed by atoms with Crippen LogP contribution in [0.3, 0.4) is 0 Å². The molecule has 2 aromatic carbocycles. The lowest BCUT2D eigenvalue weighted by atomic mass is 10.2. The third kappa shape index (κ3) is 4.26. The Bertz CT molecular complexity index is 691. The average Bonchev–Trinajstić information content (AvgIpc) is 2.54. The summed E-state index contributed by atoms with van der Waals surface area (Å²) in [5, 5.41) is 3.22. The highest BCUT2D eigenvalue weighted by atomic mass is 35.5. The van der Waals surface area contributed by atoms with Gasteiger partial charge in [-0.15, -0.1) is 11.8 Å². The summed E-state index contributed by atoms with van der Waals surface area (Å²) in [7, 11) is 1.33.